The highest BCUT2D eigenvalue weighted by atomic mass is 19.4. The molecule has 3 aromatic rings. The highest BCUT2D eigenvalue weighted by Gasteiger charge is 2.37. The maximum Gasteiger partial charge on any atom is 0.449 e. The van der Waals surface area contributed by atoms with Crippen LogP contribution in [0.25, 0.3) is 11.0 Å². The molecule has 1 unspecified atom stereocenters. The summed E-state index contributed by atoms with van der Waals surface area (Å²) >= 11 is 0. The van der Waals surface area contributed by atoms with E-state index in [1.165, 1.54) is 0 Å². The maximum absolute atomic E-state index is 13.5. The quantitative estimate of drug-likeness (QED) is 0.507. The van der Waals surface area contributed by atoms with Crippen molar-refractivity contribution >= 4 is 16.8 Å². The molecule has 1 saturated heterocycles. The summed E-state index contributed by atoms with van der Waals surface area (Å²) in [7, 11) is 0. The minimum Gasteiger partial charge on any atom is -0.353 e. The number of aromatic nitrogens is 2. The fraction of sp³-hybridized carbons (Fsp3) is 0.391. The average Bonchev–Trinajstić information content (AvgIpc) is 3.11. The Hall–Kier alpha value is -2.71. The van der Waals surface area contributed by atoms with Crippen molar-refractivity contribution in [3.05, 3.63) is 65.0 Å². The van der Waals surface area contributed by atoms with Crippen LogP contribution in [0.3, 0.4) is 0 Å². The fourth-order valence-corrected chi connectivity index (χ4v) is 3.69. The van der Waals surface area contributed by atoms with E-state index in [9.17, 15) is 18.0 Å². The van der Waals surface area contributed by atoms with Crippen molar-refractivity contribution in [1.29, 1.82) is 0 Å². The Kier molecular flexibility index (Phi) is 6.11. The largest absolute Gasteiger partial charge is 0.449 e. The van der Waals surface area contributed by atoms with Gasteiger partial charge in [-0.3, -0.25) is 4.79 Å². The summed E-state index contributed by atoms with van der Waals surface area (Å²) in [6.45, 7) is 2.35. The highest BCUT2D eigenvalue weighted by molar-refractivity contribution is 5.97. The van der Waals surface area contributed by atoms with Crippen molar-refractivity contribution in [2.45, 2.75) is 45.2 Å². The monoisotopic (exact) mass is 432 g/mol. The molecule has 1 atom stereocenters. The predicted octanol–water partition coefficient (Wildman–Crippen LogP) is 5.14. The topological polar surface area (TPSA) is 53.4 Å². The van der Waals surface area contributed by atoms with Gasteiger partial charge in [-0.15, -0.1) is 0 Å². The molecule has 4 rings (SSSR count). The molecule has 2 aromatic carbocycles. The van der Waals surface area contributed by atoms with Crippen LogP contribution in [0.1, 0.15) is 46.6 Å². The first kappa shape index (κ1) is 21.5. The van der Waals surface area contributed by atoms with Crippen LogP contribution in [-0.2, 0) is 22.2 Å². The fourth-order valence-electron chi connectivity index (χ4n) is 3.69. The van der Waals surface area contributed by atoms with E-state index in [4.69, 9.17) is 9.47 Å². The minimum atomic E-state index is -4.57. The molecule has 0 aliphatic carbocycles. The third-order valence-electron chi connectivity index (χ3n) is 5.31. The Bertz CT molecular complexity index is 1070. The zero-order valence-electron chi connectivity index (χ0n) is 17.1. The summed E-state index contributed by atoms with van der Waals surface area (Å²) < 4.78 is 52.8. The normalized spacial score (nSPS) is 17.2. The molecule has 0 N–H and O–H groups in total. The van der Waals surface area contributed by atoms with Crippen LogP contribution in [0.15, 0.2) is 42.5 Å². The van der Waals surface area contributed by atoms with E-state index < -0.39 is 12.0 Å². The van der Waals surface area contributed by atoms with Crippen LogP contribution in [-0.4, -0.2) is 34.8 Å². The molecule has 164 valence electrons. The lowest BCUT2D eigenvalue weighted by molar-refractivity contribution is -0.155. The van der Waals surface area contributed by atoms with Crippen LogP contribution < -0.4 is 0 Å². The molecule has 1 aromatic heterocycles. The zero-order chi connectivity index (χ0) is 22.0. The molecule has 0 radical (unpaired) electrons. The Morgan fingerprint density at radius 2 is 1.97 bits per heavy atom. The Morgan fingerprint density at radius 3 is 2.65 bits per heavy atom. The van der Waals surface area contributed by atoms with E-state index in [1.807, 2.05) is 6.92 Å². The number of imidazole rings is 1. The van der Waals surface area contributed by atoms with Gasteiger partial charge in [0.05, 0.1) is 11.0 Å². The van der Waals surface area contributed by atoms with Gasteiger partial charge in [-0.25, -0.2) is 4.98 Å². The van der Waals surface area contributed by atoms with Crippen molar-refractivity contribution in [2.75, 3.05) is 13.2 Å². The average molecular weight is 432 g/mol. The molecule has 5 nitrogen and oxygen atoms in total. The number of alkyl halides is 3. The molecule has 0 amide bonds. The molecule has 0 spiro atoms. The number of benzene rings is 2. The van der Waals surface area contributed by atoms with Crippen molar-refractivity contribution in [1.82, 2.24) is 9.55 Å². The molecule has 31 heavy (non-hydrogen) atoms. The van der Waals surface area contributed by atoms with Gasteiger partial charge in [-0.05, 0) is 49.4 Å². The number of nitrogens with zero attached hydrogens (tertiary/aromatic N) is 2. The number of rotatable bonds is 6. The number of hydrogen-bond donors (Lipinski definition) is 0. The van der Waals surface area contributed by atoms with E-state index in [1.54, 1.807) is 42.5 Å². The number of carbonyl (C=O) groups is 1. The van der Waals surface area contributed by atoms with Crippen LogP contribution in [0.4, 0.5) is 13.2 Å². The van der Waals surface area contributed by atoms with Gasteiger partial charge < -0.3 is 14.0 Å². The number of Topliss-reactive ketones (excluding diaryl/α,β-unsaturated/α-hetero) is 1. The van der Waals surface area contributed by atoms with Gasteiger partial charge in [0.1, 0.15) is 6.61 Å². The first-order valence-corrected chi connectivity index (χ1v) is 10.2. The minimum absolute atomic E-state index is 0.00467. The lowest BCUT2D eigenvalue weighted by Crippen LogP contribution is -2.25. The lowest BCUT2D eigenvalue weighted by Gasteiger charge is -2.22. The number of ketones is 1. The molecule has 0 bridgehead atoms. The van der Waals surface area contributed by atoms with Gasteiger partial charge in [0.25, 0.3) is 0 Å². The molecule has 2 heterocycles. The Labute approximate surface area is 177 Å². The van der Waals surface area contributed by atoms with E-state index in [-0.39, 0.29) is 25.2 Å². The smallest absolute Gasteiger partial charge is 0.353 e. The maximum atomic E-state index is 13.5. The molecular formula is C23H23F3N2O3. The standard InChI is InChI=1S/C23H23F3N2O3/c1-15-5-10-19-18(12-15)27-22(23(24,25)26)28(19)13-16-6-8-17(9-7-16)20(29)14-31-21-4-2-3-11-30-21/h5-10,12,21H,2-4,11,13-14H2,1H3. The van der Waals surface area contributed by atoms with E-state index >= 15 is 0 Å². The molecule has 8 heteroatoms. The molecule has 1 aliphatic rings. The van der Waals surface area contributed by atoms with Gasteiger partial charge in [-0.2, -0.15) is 13.2 Å². The predicted molar refractivity (Wildman–Crippen MR) is 109 cm³/mol. The lowest BCUT2D eigenvalue weighted by atomic mass is 10.1. The van der Waals surface area contributed by atoms with Gasteiger partial charge in [0, 0.05) is 18.7 Å². The molecule has 1 aliphatic heterocycles. The van der Waals surface area contributed by atoms with Gasteiger partial charge in [-0.1, -0.05) is 30.3 Å². The highest BCUT2D eigenvalue weighted by Crippen LogP contribution is 2.32. The zero-order valence-corrected chi connectivity index (χ0v) is 17.1. The second-order valence-corrected chi connectivity index (χ2v) is 7.74. The summed E-state index contributed by atoms with van der Waals surface area (Å²) in [5.74, 6) is -1.13. The number of fused-ring (bicyclic) bond motifs is 1. The van der Waals surface area contributed by atoms with Crippen molar-refractivity contribution in [2.24, 2.45) is 0 Å². The van der Waals surface area contributed by atoms with E-state index in [0.717, 1.165) is 29.4 Å². The van der Waals surface area contributed by atoms with Crippen LogP contribution in [0, 0.1) is 6.92 Å². The van der Waals surface area contributed by atoms with Gasteiger partial charge >= 0.3 is 6.18 Å². The first-order chi connectivity index (χ1) is 14.8. The van der Waals surface area contributed by atoms with Crippen LogP contribution in [0.2, 0.25) is 0 Å². The number of aryl methyl sites for hydroxylation is 1. The third kappa shape index (κ3) is 4.97. The molecule has 0 saturated carbocycles. The summed E-state index contributed by atoms with van der Waals surface area (Å²) in [4.78, 5) is 16.2. The first-order valence-electron chi connectivity index (χ1n) is 10.2. The summed E-state index contributed by atoms with van der Waals surface area (Å²) in [5.41, 5.74) is 2.65. The number of ether oxygens (including phenoxy) is 2. The number of halogens is 3. The third-order valence-corrected chi connectivity index (χ3v) is 5.31. The SMILES string of the molecule is Cc1ccc2c(c1)nc(C(F)(F)F)n2Cc1ccc(C(=O)COC2CCCCO2)cc1. The summed E-state index contributed by atoms with van der Waals surface area (Å²) in [5, 5.41) is 0. The van der Waals surface area contributed by atoms with Gasteiger partial charge in [0.15, 0.2) is 12.1 Å². The van der Waals surface area contributed by atoms with Crippen molar-refractivity contribution < 1.29 is 27.4 Å². The second kappa shape index (κ2) is 8.80. The number of carbonyl (C=O) groups excluding carboxylic acids is 1. The number of hydrogen-bond acceptors (Lipinski definition) is 4. The summed E-state index contributed by atoms with van der Waals surface area (Å²) in [6, 6.07) is 11.6. The van der Waals surface area contributed by atoms with E-state index in [2.05, 4.69) is 4.98 Å². The van der Waals surface area contributed by atoms with Crippen molar-refractivity contribution in [3.63, 3.8) is 0 Å². The van der Waals surface area contributed by atoms with Crippen LogP contribution >= 0.6 is 0 Å². The molecular weight excluding hydrogens is 409 g/mol. The molecule has 1 fully saturated rings. The van der Waals surface area contributed by atoms with Crippen LogP contribution in [0.5, 0.6) is 0 Å². The van der Waals surface area contributed by atoms with Crippen molar-refractivity contribution in [3.8, 4) is 0 Å². The second-order valence-electron chi connectivity index (χ2n) is 7.74. The Morgan fingerprint density at radius 1 is 1.19 bits per heavy atom. The van der Waals surface area contributed by atoms with Gasteiger partial charge in [0.2, 0.25) is 5.82 Å². The summed E-state index contributed by atoms with van der Waals surface area (Å²) in [6.07, 6.45) is -2.14. The van der Waals surface area contributed by atoms with E-state index in [0.29, 0.717) is 28.8 Å². The Balaban J connectivity index is 1.50.